The molecule has 0 amide bonds. The molecule has 2 rings (SSSR count). The lowest BCUT2D eigenvalue weighted by molar-refractivity contribution is -0.384. The van der Waals surface area contributed by atoms with Gasteiger partial charge < -0.3 is 0 Å². The molecule has 1 aromatic heterocycles. The summed E-state index contributed by atoms with van der Waals surface area (Å²) in [7, 11) is 0. The van der Waals surface area contributed by atoms with Crippen LogP contribution in [0, 0.1) is 15.9 Å². The van der Waals surface area contributed by atoms with E-state index in [-0.39, 0.29) is 5.69 Å². The second kappa shape index (κ2) is 4.88. The second-order valence-electron chi connectivity index (χ2n) is 3.44. The van der Waals surface area contributed by atoms with E-state index in [1.165, 1.54) is 18.2 Å². The zero-order valence-corrected chi connectivity index (χ0v) is 10.2. The molecule has 0 unspecified atom stereocenters. The lowest BCUT2D eigenvalue weighted by Crippen LogP contribution is -1.96. The summed E-state index contributed by atoms with van der Waals surface area (Å²) in [6.07, 6.45) is 0.900. The first-order valence-electron chi connectivity index (χ1n) is 4.74. The Morgan fingerprint density at radius 3 is 2.33 bits per heavy atom. The zero-order chi connectivity index (χ0) is 13.3. The molecule has 18 heavy (non-hydrogen) atoms. The molecule has 1 heterocycles. The lowest BCUT2D eigenvalue weighted by Gasteiger charge is -2.03. The van der Waals surface area contributed by atoms with Crippen molar-refractivity contribution in [1.82, 2.24) is 4.98 Å². The summed E-state index contributed by atoms with van der Waals surface area (Å²) in [5, 5.41) is 11.5. The molecule has 2 aromatic rings. The van der Waals surface area contributed by atoms with Gasteiger partial charge in [0, 0.05) is 15.6 Å². The Morgan fingerprint density at radius 1 is 1.17 bits per heavy atom. The van der Waals surface area contributed by atoms with Gasteiger partial charge in [-0.3, -0.25) is 10.1 Å². The largest absolute Gasteiger partial charge is 0.298 e. The molecule has 0 atom stereocenters. The number of rotatable bonds is 2. The van der Waals surface area contributed by atoms with Gasteiger partial charge in [-0.2, -0.15) is 0 Å². The monoisotopic (exact) mass is 286 g/mol. The molecule has 0 N–H and O–H groups in total. The highest BCUT2D eigenvalue weighted by molar-refractivity contribution is 6.35. The average molecular weight is 287 g/mol. The third-order valence-electron chi connectivity index (χ3n) is 2.17. The van der Waals surface area contributed by atoms with E-state index in [2.05, 4.69) is 4.98 Å². The van der Waals surface area contributed by atoms with Gasteiger partial charge in [-0.1, -0.05) is 23.2 Å². The number of hydrogen-bond donors (Lipinski definition) is 0. The molecular formula is C11H5Cl2FN2O2. The summed E-state index contributed by atoms with van der Waals surface area (Å²) in [6.45, 7) is 0. The predicted octanol–water partition coefficient (Wildman–Crippen LogP) is 4.10. The first-order valence-corrected chi connectivity index (χ1v) is 5.49. The smallest absolute Gasteiger partial charge is 0.258 e. The SMILES string of the molecule is O=[N+]([O-])c1cc(F)cnc1-c1cc(Cl)cc(Cl)c1. The van der Waals surface area contributed by atoms with Crippen LogP contribution in [0.15, 0.2) is 30.5 Å². The Labute approximate surface area is 111 Å². The van der Waals surface area contributed by atoms with Crippen LogP contribution in [0.4, 0.5) is 10.1 Å². The van der Waals surface area contributed by atoms with Crippen molar-refractivity contribution >= 4 is 28.9 Å². The molecule has 0 bridgehead atoms. The number of halogens is 3. The Kier molecular flexibility index (Phi) is 3.45. The summed E-state index contributed by atoms with van der Waals surface area (Å²) in [5.41, 5.74) is -0.0571. The van der Waals surface area contributed by atoms with Gasteiger partial charge in [-0.25, -0.2) is 9.37 Å². The van der Waals surface area contributed by atoms with Crippen molar-refractivity contribution in [1.29, 1.82) is 0 Å². The van der Waals surface area contributed by atoms with Crippen LogP contribution in [-0.2, 0) is 0 Å². The predicted molar refractivity (Wildman–Crippen MR) is 66.3 cm³/mol. The maximum atomic E-state index is 13.0. The fourth-order valence-electron chi connectivity index (χ4n) is 1.48. The summed E-state index contributed by atoms with van der Waals surface area (Å²) in [5.74, 6) is -0.779. The number of nitrogens with zero attached hydrogens (tertiary/aromatic N) is 2. The van der Waals surface area contributed by atoms with E-state index in [9.17, 15) is 14.5 Å². The highest BCUT2D eigenvalue weighted by Crippen LogP contribution is 2.31. The highest BCUT2D eigenvalue weighted by atomic mass is 35.5. The molecule has 0 radical (unpaired) electrons. The van der Waals surface area contributed by atoms with Gasteiger partial charge >= 0.3 is 0 Å². The average Bonchev–Trinajstić information content (AvgIpc) is 2.27. The Balaban J connectivity index is 2.66. The van der Waals surface area contributed by atoms with Crippen molar-refractivity contribution in [3.8, 4) is 11.3 Å². The van der Waals surface area contributed by atoms with Crippen LogP contribution in [0.5, 0.6) is 0 Å². The maximum Gasteiger partial charge on any atom is 0.298 e. The summed E-state index contributed by atoms with van der Waals surface area (Å²) < 4.78 is 13.0. The third-order valence-corrected chi connectivity index (χ3v) is 2.60. The first-order chi connectivity index (χ1) is 8.47. The van der Waals surface area contributed by atoms with E-state index in [1.54, 1.807) is 0 Å². The van der Waals surface area contributed by atoms with Crippen LogP contribution in [0.25, 0.3) is 11.3 Å². The molecule has 0 saturated carbocycles. The number of nitro groups is 1. The summed E-state index contributed by atoms with van der Waals surface area (Å²) in [4.78, 5) is 13.9. The molecule has 1 aromatic carbocycles. The fraction of sp³-hybridized carbons (Fsp3) is 0. The van der Waals surface area contributed by atoms with Crippen LogP contribution < -0.4 is 0 Å². The van der Waals surface area contributed by atoms with Gasteiger partial charge in [-0.05, 0) is 18.2 Å². The molecule has 0 fully saturated rings. The minimum absolute atomic E-state index is 0.0193. The molecular weight excluding hydrogens is 282 g/mol. The normalized spacial score (nSPS) is 10.4. The van der Waals surface area contributed by atoms with Gasteiger partial charge in [0.1, 0.15) is 11.5 Å². The third kappa shape index (κ3) is 2.57. The molecule has 0 aliphatic rings. The maximum absolute atomic E-state index is 13.0. The number of pyridine rings is 1. The van der Waals surface area contributed by atoms with Gasteiger partial charge in [0.2, 0.25) is 0 Å². The molecule has 4 nitrogen and oxygen atoms in total. The van der Waals surface area contributed by atoms with Gasteiger partial charge in [0.15, 0.2) is 0 Å². The van der Waals surface area contributed by atoms with E-state index in [1.807, 2.05) is 0 Å². The number of aromatic nitrogens is 1. The summed E-state index contributed by atoms with van der Waals surface area (Å²) in [6, 6.07) is 5.24. The van der Waals surface area contributed by atoms with Crippen molar-refractivity contribution in [3.05, 3.63) is 56.4 Å². The number of benzene rings is 1. The van der Waals surface area contributed by atoms with Crippen molar-refractivity contribution in [2.45, 2.75) is 0 Å². The second-order valence-corrected chi connectivity index (χ2v) is 4.31. The molecule has 7 heteroatoms. The first kappa shape index (κ1) is 12.7. The number of hydrogen-bond acceptors (Lipinski definition) is 3. The van der Waals surface area contributed by atoms with E-state index < -0.39 is 16.4 Å². The van der Waals surface area contributed by atoms with Crippen LogP contribution in [0.3, 0.4) is 0 Å². The van der Waals surface area contributed by atoms with Crippen molar-refractivity contribution in [2.24, 2.45) is 0 Å². The highest BCUT2D eigenvalue weighted by Gasteiger charge is 2.18. The fourth-order valence-corrected chi connectivity index (χ4v) is 2.01. The molecule has 0 saturated heterocycles. The van der Waals surface area contributed by atoms with Crippen molar-refractivity contribution in [2.75, 3.05) is 0 Å². The zero-order valence-electron chi connectivity index (χ0n) is 8.73. The van der Waals surface area contributed by atoms with Crippen LogP contribution in [-0.4, -0.2) is 9.91 Å². The molecule has 0 spiro atoms. The Bertz CT molecular complexity index is 614. The lowest BCUT2D eigenvalue weighted by atomic mass is 10.1. The summed E-state index contributed by atoms with van der Waals surface area (Å²) >= 11 is 11.6. The van der Waals surface area contributed by atoms with Gasteiger partial charge in [0.25, 0.3) is 5.69 Å². The van der Waals surface area contributed by atoms with Crippen LogP contribution >= 0.6 is 23.2 Å². The minimum atomic E-state index is -0.779. The van der Waals surface area contributed by atoms with E-state index in [4.69, 9.17) is 23.2 Å². The standard InChI is InChI=1S/C11H5Cl2FN2O2/c12-7-1-6(2-8(13)3-7)11-10(16(17)18)4-9(14)5-15-11/h1-5H. The van der Waals surface area contributed by atoms with Crippen LogP contribution in [0.1, 0.15) is 0 Å². The van der Waals surface area contributed by atoms with Crippen molar-refractivity contribution < 1.29 is 9.31 Å². The van der Waals surface area contributed by atoms with E-state index >= 15 is 0 Å². The van der Waals surface area contributed by atoms with Gasteiger partial charge in [0.05, 0.1) is 17.2 Å². The van der Waals surface area contributed by atoms with Crippen LogP contribution in [0.2, 0.25) is 10.0 Å². The Hall–Kier alpha value is -1.72. The molecule has 92 valence electrons. The van der Waals surface area contributed by atoms with Gasteiger partial charge in [-0.15, -0.1) is 0 Å². The molecule has 0 aliphatic heterocycles. The van der Waals surface area contributed by atoms with Crippen molar-refractivity contribution in [3.63, 3.8) is 0 Å². The van der Waals surface area contributed by atoms with E-state index in [0.717, 1.165) is 12.3 Å². The Morgan fingerprint density at radius 2 is 1.78 bits per heavy atom. The minimum Gasteiger partial charge on any atom is -0.258 e. The van der Waals surface area contributed by atoms with E-state index in [0.29, 0.717) is 15.6 Å². The molecule has 0 aliphatic carbocycles. The topological polar surface area (TPSA) is 56.0 Å². The quantitative estimate of drug-likeness (QED) is 0.617.